The zero-order valence-electron chi connectivity index (χ0n) is 31.8. The van der Waals surface area contributed by atoms with E-state index >= 15 is 17.6 Å². The number of carbonyl (C=O) groups is 2. The molecule has 60 heavy (non-hydrogen) atoms. The average Bonchev–Trinajstić information content (AvgIpc) is 3.83. The van der Waals surface area contributed by atoms with Gasteiger partial charge in [0.05, 0.1) is 53.0 Å². The summed E-state index contributed by atoms with van der Waals surface area (Å²) in [6, 6.07) is 32.4. The van der Waals surface area contributed by atoms with Crippen molar-refractivity contribution < 1.29 is 46.1 Å². The lowest BCUT2D eigenvalue weighted by molar-refractivity contribution is -0.336. The molecular formula is C47H33F4N3O6. The van der Waals surface area contributed by atoms with Gasteiger partial charge >= 0.3 is 0 Å². The minimum atomic E-state index is -1.69. The van der Waals surface area contributed by atoms with Crippen molar-refractivity contribution in [2.75, 3.05) is 0 Å². The fraction of sp³-hybridized carbons (Fsp3) is 0.191. The highest BCUT2D eigenvalue weighted by Gasteiger charge is 2.59. The molecule has 9 nitrogen and oxygen atoms in total. The van der Waals surface area contributed by atoms with E-state index < -0.39 is 65.3 Å². The number of carbonyl (C=O) groups excluding carboxylic acids is 2. The number of aromatic nitrogens is 2. The number of ether oxygens (including phenoxy) is 4. The zero-order chi connectivity index (χ0) is 41.0. The van der Waals surface area contributed by atoms with Gasteiger partial charge in [0.1, 0.15) is 18.3 Å². The second-order valence-electron chi connectivity index (χ2n) is 15.6. The number of nitrogens with one attached hydrogen (secondary N) is 1. The second-order valence-corrected chi connectivity index (χ2v) is 15.6. The molecule has 3 aliphatic heterocycles. The lowest BCUT2D eigenvalue weighted by Crippen LogP contribution is -2.63. The molecule has 0 saturated carbocycles. The van der Waals surface area contributed by atoms with Crippen LogP contribution in [-0.4, -0.2) is 39.3 Å². The quantitative estimate of drug-likeness (QED) is 0.115. The number of nitrogens with zero attached hydrogens (tertiary/aromatic N) is 2. The van der Waals surface area contributed by atoms with Gasteiger partial charge in [-0.1, -0.05) is 91.0 Å². The van der Waals surface area contributed by atoms with E-state index in [1.807, 2.05) is 91.0 Å². The van der Waals surface area contributed by atoms with Crippen LogP contribution in [0.4, 0.5) is 17.6 Å². The average molecular weight is 812 g/mol. The molecule has 1 fully saturated rings. The van der Waals surface area contributed by atoms with Gasteiger partial charge in [-0.3, -0.25) is 14.9 Å². The molecule has 300 valence electrons. The molecule has 2 amide bonds. The van der Waals surface area contributed by atoms with Gasteiger partial charge in [-0.05, 0) is 35.7 Å². The molecule has 1 saturated heterocycles. The van der Waals surface area contributed by atoms with E-state index in [2.05, 4.69) is 5.32 Å². The second kappa shape index (κ2) is 13.6. The van der Waals surface area contributed by atoms with Crippen molar-refractivity contribution in [2.45, 2.75) is 57.0 Å². The van der Waals surface area contributed by atoms with E-state index in [4.69, 9.17) is 18.9 Å². The largest absolute Gasteiger partial charge is 0.368 e. The number of benzene rings is 6. The summed E-state index contributed by atoms with van der Waals surface area (Å²) in [6.07, 6.45) is -4.38. The highest BCUT2D eigenvalue weighted by molar-refractivity contribution is 6.39. The molecular weight excluding hydrogens is 779 g/mol. The Morgan fingerprint density at radius 3 is 1.60 bits per heavy atom. The van der Waals surface area contributed by atoms with Crippen molar-refractivity contribution in [1.82, 2.24) is 14.5 Å². The van der Waals surface area contributed by atoms with Crippen LogP contribution in [0.15, 0.2) is 115 Å². The maximum atomic E-state index is 15.7. The van der Waals surface area contributed by atoms with Crippen LogP contribution in [0.2, 0.25) is 0 Å². The van der Waals surface area contributed by atoms with Gasteiger partial charge in [0.2, 0.25) is 0 Å². The molecule has 5 atom stereocenters. The topological polar surface area (TPSA) is 92.9 Å². The van der Waals surface area contributed by atoms with Crippen molar-refractivity contribution in [1.29, 1.82) is 0 Å². The summed E-state index contributed by atoms with van der Waals surface area (Å²) in [7, 11) is 0. The summed E-state index contributed by atoms with van der Waals surface area (Å²) < 4.78 is 93.7. The minimum absolute atomic E-state index is 0.0628. The molecule has 2 aromatic heterocycles. The lowest BCUT2D eigenvalue weighted by Gasteiger charge is -2.51. The third kappa shape index (κ3) is 5.32. The van der Waals surface area contributed by atoms with Crippen LogP contribution in [0.25, 0.3) is 43.6 Å². The zero-order valence-corrected chi connectivity index (χ0v) is 31.8. The summed E-state index contributed by atoms with van der Waals surface area (Å²) in [5.41, 5.74) is 1.26. The minimum Gasteiger partial charge on any atom is -0.368 e. The number of fused-ring (bicyclic) bond motifs is 15. The van der Waals surface area contributed by atoms with Gasteiger partial charge in [-0.25, -0.2) is 17.6 Å². The summed E-state index contributed by atoms with van der Waals surface area (Å²) in [5.74, 6) is -6.30. The van der Waals surface area contributed by atoms with Crippen LogP contribution in [0.5, 0.6) is 0 Å². The Bertz CT molecular complexity index is 3080. The smallest absolute Gasteiger partial charge is 0.259 e. The van der Waals surface area contributed by atoms with Crippen LogP contribution in [0.3, 0.4) is 0 Å². The molecule has 13 heteroatoms. The van der Waals surface area contributed by atoms with E-state index in [-0.39, 0.29) is 74.6 Å². The normalized spacial score (nSPS) is 22.0. The molecule has 4 unspecified atom stereocenters. The fourth-order valence-electron chi connectivity index (χ4n) is 9.51. The summed E-state index contributed by atoms with van der Waals surface area (Å²) in [4.78, 5) is 27.9. The molecule has 0 radical (unpaired) electrons. The third-order valence-electron chi connectivity index (χ3n) is 12.0. The predicted octanol–water partition coefficient (Wildman–Crippen LogP) is 9.31. The van der Waals surface area contributed by atoms with E-state index in [0.29, 0.717) is 0 Å². The van der Waals surface area contributed by atoms with Gasteiger partial charge < -0.3 is 28.1 Å². The maximum absolute atomic E-state index is 15.7. The van der Waals surface area contributed by atoms with Gasteiger partial charge in [0, 0.05) is 33.7 Å². The number of imide groups is 1. The first-order valence-electron chi connectivity index (χ1n) is 19.4. The van der Waals surface area contributed by atoms with Gasteiger partial charge in [-0.15, -0.1) is 0 Å². The fourth-order valence-corrected chi connectivity index (χ4v) is 9.51. The molecule has 11 rings (SSSR count). The molecule has 2 bridgehead atoms. The number of hydrogen-bond donors (Lipinski definition) is 1. The van der Waals surface area contributed by atoms with E-state index in [9.17, 15) is 9.59 Å². The Labute approximate surface area is 338 Å². The Hall–Kier alpha value is -6.38. The Morgan fingerprint density at radius 1 is 0.600 bits per heavy atom. The van der Waals surface area contributed by atoms with Crippen molar-refractivity contribution in [2.24, 2.45) is 0 Å². The summed E-state index contributed by atoms with van der Waals surface area (Å²) in [6.45, 7) is 1.96. The molecule has 5 heterocycles. The highest BCUT2D eigenvalue weighted by Crippen LogP contribution is 2.55. The third-order valence-corrected chi connectivity index (χ3v) is 12.0. The van der Waals surface area contributed by atoms with Crippen molar-refractivity contribution in [3.05, 3.63) is 166 Å². The molecule has 3 aliphatic rings. The van der Waals surface area contributed by atoms with Crippen LogP contribution < -0.4 is 5.32 Å². The maximum Gasteiger partial charge on any atom is 0.259 e. The van der Waals surface area contributed by atoms with E-state index in [0.717, 1.165) is 41.0 Å². The van der Waals surface area contributed by atoms with E-state index in [1.54, 1.807) is 16.1 Å². The van der Waals surface area contributed by atoms with E-state index in [1.165, 1.54) is 0 Å². The van der Waals surface area contributed by atoms with Gasteiger partial charge in [0.25, 0.3) is 11.8 Å². The van der Waals surface area contributed by atoms with Crippen LogP contribution >= 0.6 is 0 Å². The highest BCUT2D eigenvalue weighted by atomic mass is 19.2. The Kier molecular flexibility index (Phi) is 8.30. The first-order valence-corrected chi connectivity index (χ1v) is 19.4. The number of halogens is 4. The molecule has 8 aromatic rings. The SMILES string of the molecule is CC12OC(C(OCc3ccccc3)[C@@H](OCc3ccccc3)C1OCc1ccccc1)n1c3cc(F)c(F)cc3c3c4c(c5c6cc(F)c(F)cc6n2c5c31)C(=O)NC4=O. The standard InChI is InChI=1S/C47H33F4N3O6/c1-47-43(59-23-26-15-9-4-10-16-26)41(57-21-24-11-5-2-6-12-24)42(58-22-25-13-7-3-8-14-25)46(60-47)53-33-19-31(50)29(48)17-27(33)35-37-38(45(56)52-44(37)55)36-28-18-30(49)32(51)20-34(28)54(47)40(36)39(35)53/h2-20,41-43,46H,21-23H2,1H3,(H,52,55,56)/t41-,42?,43?,46?,47?/m1/s1. The molecule has 0 spiro atoms. The predicted molar refractivity (Wildman–Crippen MR) is 213 cm³/mol. The van der Waals surface area contributed by atoms with Crippen molar-refractivity contribution >= 4 is 55.4 Å². The Morgan fingerprint density at radius 2 is 1.05 bits per heavy atom. The lowest BCUT2D eigenvalue weighted by atomic mass is 9.92. The summed E-state index contributed by atoms with van der Waals surface area (Å²) >= 11 is 0. The molecule has 6 aromatic carbocycles. The number of hydrogen-bond acceptors (Lipinski definition) is 6. The first kappa shape index (κ1) is 36.7. The molecule has 0 aliphatic carbocycles. The first-order chi connectivity index (χ1) is 29.1. The molecule has 1 N–H and O–H groups in total. The van der Waals surface area contributed by atoms with Crippen LogP contribution in [-0.2, 0) is 44.5 Å². The van der Waals surface area contributed by atoms with Crippen molar-refractivity contribution in [3.8, 4) is 0 Å². The monoisotopic (exact) mass is 811 g/mol. The number of rotatable bonds is 9. The van der Waals surface area contributed by atoms with Crippen LogP contribution in [0.1, 0.15) is 50.6 Å². The Balaban J connectivity index is 1.27. The van der Waals surface area contributed by atoms with Gasteiger partial charge in [-0.2, -0.15) is 0 Å². The summed E-state index contributed by atoms with van der Waals surface area (Å²) in [5, 5.41) is 2.84. The number of amides is 2. The van der Waals surface area contributed by atoms with Crippen molar-refractivity contribution in [3.63, 3.8) is 0 Å². The van der Waals surface area contributed by atoms with Crippen LogP contribution in [0, 0.1) is 23.3 Å². The van der Waals surface area contributed by atoms with Gasteiger partial charge in [0.15, 0.2) is 35.2 Å².